The number of ether oxygens (including phenoxy) is 1. The first-order chi connectivity index (χ1) is 12.1. The number of piperidine rings is 1. The molecule has 7 heteroatoms. The second kappa shape index (κ2) is 7.65. The van der Waals surface area contributed by atoms with E-state index in [1.54, 1.807) is 4.90 Å². The number of carbonyl (C=O) groups excluding carboxylic acids is 3. The molecule has 2 saturated heterocycles. The van der Waals surface area contributed by atoms with Gasteiger partial charge in [0.25, 0.3) is 0 Å². The lowest BCUT2D eigenvalue weighted by atomic mass is 9.91. The number of nitrogens with zero attached hydrogens (tertiary/aromatic N) is 1. The van der Waals surface area contributed by atoms with Crippen LogP contribution in [0.1, 0.15) is 24.8 Å². The summed E-state index contributed by atoms with van der Waals surface area (Å²) in [5.41, 5.74) is 6.82. The summed E-state index contributed by atoms with van der Waals surface area (Å²) in [4.78, 5) is 38.0. The van der Waals surface area contributed by atoms with E-state index in [4.69, 9.17) is 10.5 Å². The Hall–Kier alpha value is -2.41. The summed E-state index contributed by atoms with van der Waals surface area (Å²) < 4.78 is 5.18. The van der Waals surface area contributed by atoms with Crippen LogP contribution >= 0.6 is 0 Å². The molecule has 2 heterocycles. The van der Waals surface area contributed by atoms with Crippen LogP contribution in [0, 0.1) is 5.92 Å². The van der Waals surface area contributed by atoms with Crippen LogP contribution in [0.15, 0.2) is 30.3 Å². The van der Waals surface area contributed by atoms with Crippen LogP contribution in [0.25, 0.3) is 0 Å². The van der Waals surface area contributed by atoms with E-state index in [-0.39, 0.29) is 36.8 Å². The maximum Gasteiger partial charge on any atom is 0.308 e. The fourth-order valence-electron chi connectivity index (χ4n) is 3.50. The minimum atomic E-state index is -0.947. The molecule has 1 aromatic carbocycles. The van der Waals surface area contributed by atoms with Crippen LogP contribution in [-0.4, -0.2) is 47.9 Å². The number of rotatable bonds is 5. The zero-order valence-electron chi connectivity index (χ0n) is 14.0. The Kier molecular flexibility index (Phi) is 5.33. The van der Waals surface area contributed by atoms with Crippen molar-refractivity contribution in [2.75, 3.05) is 13.1 Å². The number of hydrogen-bond acceptors (Lipinski definition) is 5. The first-order valence-electron chi connectivity index (χ1n) is 8.59. The predicted molar refractivity (Wildman–Crippen MR) is 90.1 cm³/mol. The summed E-state index contributed by atoms with van der Waals surface area (Å²) in [6.45, 7) is 1.19. The summed E-state index contributed by atoms with van der Waals surface area (Å²) in [6, 6.07) is 8.23. The van der Waals surface area contributed by atoms with E-state index in [9.17, 15) is 14.4 Å². The lowest BCUT2D eigenvalue weighted by Gasteiger charge is -2.37. The summed E-state index contributed by atoms with van der Waals surface area (Å²) in [5.74, 6) is -0.949. The molecule has 2 aliphatic rings. The number of fused-ring (bicyclic) bond motifs is 1. The minimum absolute atomic E-state index is 0.00153. The Morgan fingerprint density at radius 2 is 2.08 bits per heavy atom. The van der Waals surface area contributed by atoms with Crippen LogP contribution in [0.5, 0.6) is 0 Å². The van der Waals surface area contributed by atoms with Gasteiger partial charge in [0.05, 0.1) is 24.4 Å². The van der Waals surface area contributed by atoms with Gasteiger partial charge in [0.1, 0.15) is 6.61 Å². The third-order valence-electron chi connectivity index (χ3n) is 4.83. The quantitative estimate of drug-likeness (QED) is 0.742. The van der Waals surface area contributed by atoms with Crippen molar-refractivity contribution in [2.45, 2.75) is 38.0 Å². The number of esters is 1. The highest BCUT2D eigenvalue weighted by Gasteiger charge is 2.43. The molecule has 0 aromatic heterocycles. The molecule has 2 aliphatic heterocycles. The highest BCUT2D eigenvalue weighted by atomic mass is 16.5. The first-order valence-corrected chi connectivity index (χ1v) is 8.59. The second-order valence-corrected chi connectivity index (χ2v) is 6.55. The lowest BCUT2D eigenvalue weighted by molar-refractivity contribution is -0.149. The molecule has 0 saturated carbocycles. The largest absolute Gasteiger partial charge is 0.461 e. The normalized spacial score (nSPS) is 23.6. The van der Waals surface area contributed by atoms with Gasteiger partial charge in [0.15, 0.2) is 0 Å². The highest BCUT2D eigenvalue weighted by Crippen LogP contribution is 2.27. The average molecular weight is 345 g/mol. The van der Waals surface area contributed by atoms with Crippen LogP contribution in [0.3, 0.4) is 0 Å². The van der Waals surface area contributed by atoms with Crippen molar-refractivity contribution >= 4 is 17.8 Å². The van der Waals surface area contributed by atoms with E-state index in [0.717, 1.165) is 18.4 Å². The Bertz CT molecular complexity index is 649. The number of likely N-dealkylation sites (tertiary alicyclic amines) is 1. The van der Waals surface area contributed by atoms with Crippen molar-refractivity contribution in [3.63, 3.8) is 0 Å². The summed E-state index contributed by atoms with van der Waals surface area (Å²) in [6.07, 6.45) is 1.39. The zero-order valence-corrected chi connectivity index (χ0v) is 14.0. The van der Waals surface area contributed by atoms with E-state index in [1.807, 2.05) is 30.3 Å². The first kappa shape index (κ1) is 17.4. The van der Waals surface area contributed by atoms with Gasteiger partial charge < -0.3 is 20.7 Å². The van der Waals surface area contributed by atoms with Gasteiger partial charge in [-0.3, -0.25) is 14.4 Å². The van der Waals surface area contributed by atoms with Crippen molar-refractivity contribution in [1.29, 1.82) is 0 Å². The van der Waals surface area contributed by atoms with Gasteiger partial charge in [-0.1, -0.05) is 30.3 Å². The molecule has 25 heavy (non-hydrogen) atoms. The van der Waals surface area contributed by atoms with E-state index in [1.165, 1.54) is 0 Å². The molecule has 0 radical (unpaired) electrons. The summed E-state index contributed by atoms with van der Waals surface area (Å²) in [5, 5.41) is 2.80. The Morgan fingerprint density at radius 1 is 1.32 bits per heavy atom. The van der Waals surface area contributed by atoms with Gasteiger partial charge in [-0.15, -0.1) is 0 Å². The third-order valence-corrected chi connectivity index (χ3v) is 4.83. The molecule has 3 atom stereocenters. The number of hydrogen-bond donors (Lipinski definition) is 2. The van der Waals surface area contributed by atoms with E-state index < -0.39 is 12.0 Å². The Balaban J connectivity index is 1.51. The van der Waals surface area contributed by atoms with Gasteiger partial charge in [-0.05, 0) is 18.4 Å². The molecule has 3 rings (SSSR count). The van der Waals surface area contributed by atoms with Crippen molar-refractivity contribution < 1.29 is 19.1 Å². The number of nitrogens with one attached hydrogen (secondary N) is 1. The zero-order chi connectivity index (χ0) is 17.8. The molecule has 7 nitrogen and oxygen atoms in total. The topological polar surface area (TPSA) is 102 Å². The maximum atomic E-state index is 12.6. The fourth-order valence-corrected chi connectivity index (χ4v) is 3.50. The molecule has 2 amide bonds. The fraction of sp³-hybridized carbons (Fsp3) is 0.500. The number of amides is 2. The standard InChI is InChI=1S/C18H23N3O4/c19-14(9-16(22)25-11-12-5-2-1-3-6-12)18(24)21-8-4-7-13-15(21)10-20-17(13)23/h1-3,5-6,13-15H,4,7-11,19H2,(H,20,23)/t13?,14-,15?/m0/s1. The van der Waals surface area contributed by atoms with E-state index >= 15 is 0 Å². The molecule has 2 fully saturated rings. The maximum absolute atomic E-state index is 12.6. The van der Waals surface area contributed by atoms with Gasteiger partial charge in [-0.25, -0.2) is 0 Å². The molecule has 0 aliphatic carbocycles. The van der Waals surface area contributed by atoms with Crippen molar-refractivity contribution in [3.8, 4) is 0 Å². The van der Waals surface area contributed by atoms with Gasteiger partial charge >= 0.3 is 5.97 Å². The molecular weight excluding hydrogens is 322 g/mol. The Labute approximate surface area is 146 Å². The van der Waals surface area contributed by atoms with Crippen LogP contribution in [0.2, 0.25) is 0 Å². The van der Waals surface area contributed by atoms with Gasteiger partial charge in [0.2, 0.25) is 11.8 Å². The third kappa shape index (κ3) is 3.99. The number of benzene rings is 1. The SMILES string of the molecule is N[C@@H](CC(=O)OCc1ccccc1)C(=O)N1CCCC2C(=O)NCC21. The van der Waals surface area contributed by atoms with Crippen molar-refractivity contribution in [1.82, 2.24) is 10.2 Å². The lowest BCUT2D eigenvalue weighted by Crippen LogP contribution is -2.54. The van der Waals surface area contributed by atoms with Crippen LogP contribution in [-0.2, 0) is 25.7 Å². The Morgan fingerprint density at radius 3 is 2.84 bits per heavy atom. The molecule has 134 valence electrons. The second-order valence-electron chi connectivity index (χ2n) is 6.55. The summed E-state index contributed by atoms with van der Waals surface area (Å²) in [7, 11) is 0. The van der Waals surface area contributed by atoms with E-state index in [2.05, 4.69) is 5.32 Å². The van der Waals surface area contributed by atoms with Crippen LogP contribution < -0.4 is 11.1 Å². The smallest absolute Gasteiger partial charge is 0.308 e. The molecule has 0 bridgehead atoms. The molecule has 1 aromatic rings. The van der Waals surface area contributed by atoms with Crippen molar-refractivity contribution in [2.24, 2.45) is 11.7 Å². The van der Waals surface area contributed by atoms with Crippen LogP contribution in [0.4, 0.5) is 0 Å². The van der Waals surface area contributed by atoms with Gasteiger partial charge in [-0.2, -0.15) is 0 Å². The minimum Gasteiger partial charge on any atom is -0.461 e. The summed E-state index contributed by atoms with van der Waals surface area (Å²) >= 11 is 0. The van der Waals surface area contributed by atoms with E-state index in [0.29, 0.717) is 13.1 Å². The highest BCUT2D eigenvalue weighted by molar-refractivity contribution is 5.89. The molecular formula is C18H23N3O4. The predicted octanol–water partition coefficient (Wildman–Crippen LogP) is 0.184. The molecule has 2 unspecified atom stereocenters. The van der Waals surface area contributed by atoms with Crippen molar-refractivity contribution in [3.05, 3.63) is 35.9 Å². The monoisotopic (exact) mass is 345 g/mol. The average Bonchev–Trinajstić information content (AvgIpc) is 3.01. The number of carbonyl (C=O) groups is 3. The number of nitrogens with two attached hydrogens (primary N) is 1. The molecule has 0 spiro atoms. The molecule has 3 N–H and O–H groups in total. The van der Waals surface area contributed by atoms with Gasteiger partial charge in [0, 0.05) is 13.1 Å².